The molecule has 1 aliphatic heterocycles. The molecule has 2 aromatic rings. The van der Waals surface area contributed by atoms with Crippen molar-refractivity contribution in [2.75, 3.05) is 18.4 Å². The van der Waals surface area contributed by atoms with E-state index in [1.165, 1.54) is 0 Å². The standard InChI is InChI=1S/C18H24N4O2/c1-12(2)17-20-16(24-21-17)11-19-15-7-6-14(10-13(15)3)18(23)22-8-4-5-9-22/h6-7,10,12,19H,4-5,8-9,11H2,1-3H3. The Kier molecular flexibility index (Phi) is 4.83. The van der Waals surface area contributed by atoms with Crippen molar-refractivity contribution in [1.82, 2.24) is 15.0 Å². The van der Waals surface area contributed by atoms with Gasteiger partial charge in [0.2, 0.25) is 5.89 Å². The second kappa shape index (κ2) is 7.03. The third-order valence-electron chi connectivity index (χ3n) is 4.30. The van der Waals surface area contributed by atoms with Crippen LogP contribution < -0.4 is 5.32 Å². The number of benzene rings is 1. The van der Waals surface area contributed by atoms with Crippen molar-refractivity contribution in [3.8, 4) is 0 Å². The molecule has 1 aromatic heterocycles. The molecule has 1 saturated heterocycles. The molecular weight excluding hydrogens is 304 g/mol. The van der Waals surface area contributed by atoms with E-state index in [-0.39, 0.29) is 11.8 Å². The number of hydrogen-bond acceptors (Lipinski definition) is 5. The molecule has 24 heavy (non-hydrogen) atoms. The molecule has 128 valence electrons. The highest BCUT2D eigenvalue weighted by Crippen LogP contribution is 2.20. The number of carbonyl (C=O) groups is 1. The number of hydrogen-bond donors (Lipinski definition) is 1. The molecule has 3 rings (SSSR count). The smallest absolute Gasteiger partial charge is 0.253 e. The first kappa shape index (κ1) is 16.5. The molecule has 1 aromatic carbocycles. The number of nitrogens with zero attached hydrogens (tertiary/aromatic N) is 3. The fourth-order valence-corrected chi connectivity index (χ4v) is 2.84. The molecule has 0 saturated carbocycles. The van der Waals surface area contributed by atoms with E-state index < -0.39 is 0 Å². The lowest BCUT2D eigenvalue weighted by Gasteiger charge is -2.16. The lowest BCUT2D eigenvalue weighted by molar-refractivity contribution is 0.0793. The number of aromatic nitrogens is 2. The first-order chi connectivity index (χ1) is 11.5. The average molecular weight is 328 g/mol. The van der Waals surface area contributed by atoms with Gasteiger partial charge in [-0.3, -0.25) is 4.79 Å². The van der Waals surface area contributed by atoms with Crippen molar-refractivity contribution in [3.63, 3.8) is 0 Å². The van der Waals surface area contributed by atoms with Crippen LogP contribution in [0.4, 0.5) is 5.69 Å². The molecular formula is C18H24N4O2. The predicted octanol–water partition coefficient (Wildman–Crippen LogP) is 3.35. The summed E-state index contributed by atoms with van der Waals surface area (Å²) in [7, 11) is 0. The monoisotopic (exact) mass is 328 g/mol. The lowest BCUT2D eigenvalue weighted by Crippen LogP contribution is -2.27. The highest BCUT2D eigenvalue weighted by molar-refractivity contribution is 5.95. The predicted molar refractivity (Wildman–Crippen MR) is 92.0 cm³/mol. The van der Waals surface area contributed by atoms with Crippen LogP contribution in [-0.4, -0.2) is 34.0 Å². The van der Waals surface area contributed by atoms with Crippen LogP contribution in [0.5, 0.6) is 0 Å². The molecule has 1 N–H and O–H groups in total. The van der Waals surface area contributed by atoms with Crippen LogP contribution in [0.25, 0.3) is 0 Å². The van der Waals surface area contributed by atoms with E-state index in [0.29, 0.717) is 12.4 Å². The zero-order chi connectivity index (χ0) is 17.1. The third kappa shape index (κ3) is 3.58. The number of anilines is 1. The Morgan fingerprint density at radius 1 is 1.33 bits per heavy atom. The van der Waals surface area contributed by atoms with Crippen molar-refractivity contribution in [1.29, 1.82) is 0 Å². The molecule has 6 heteroatoms. The maximum absolute atomic E-state index is 12.4. The first-order valence-corrected chi connectivity index (χ1v) is 8.51. The van der Waals surface area contributed by atoms with Crippen molar-refractivity contribution >= 4 is 11.6 Å². The van der Waals surface area contributed by atoms with Gasteiger partial charge in [-0.15, -0.1) is 0 Å². The highest BCUT2D eigenvalue weighted by atomic mass is 16.5. The number of likely N-dealkylation sites (tertiary alicyclic amines) is 1. The molecule has 0 aliphatic carbocycles. The summed E-state index contributed by atoms with van der Waals surface area (Å²) in [5.74, 6) is 1.66. The van der Waals surface area contributed by atoms with Gasteiger partial charge in [-0.2, -0.15) is 4.98 Å². The Hall–Kier alpha value is -2.37. The lowest BCUT2D eigenvalue weighted by atomic mass is 10.1. The van der Waals surface area contributed by atoms with E-state index in [9.17, 15) is 4.79 Å². The molecule has 0 atom stereocenters. The Morgan fingerprint density at radius 3 is 2.71 bits per heavy atom. The van der Waals surface area contributed by atoms with E-state index in [1.54, 1.807) is 0 Å². The van der Waals surface area contributed by atoms with Crippen LogP contribution in [0.2, 0.25) is 0 Å². The summed E-state index contributed by atoms with van der Waals surface area (Å²) in [6.45, 7) is 8.27. The minimum atomic E-state index is 0.126. The fourth-order valence-electron chi connectivity index (χ4n) is 2.84. The van der Waals surface area contributed by atoms with E-state index in [4.69, 9.17) is 4.52 Å². The summed E-state index contributed by atoms with van der Waals surface area (Å²) >= 11 is 0. The van der Waals surface area contributed by atoms with Crippen LogP contribution in [0, 0.1) is 6.92 Å². The second-order valence-electron chi connectivity index (χ2n) is 6.58. The average Bonchev–Trinajstić information content (AvgIpc) is 3.24. The second-order valence-corrected chi connectivity index (χ2v) is 6.58. The van der Waals surface area contributed by atoms with Crippen molar-refractivity contribution in [3.05, 3.63) is 41.0 Å². The van der Waals surface area contributed by atoms with Crippen LogP contribution >= 0.6 is 0 Å². The van der Waals surface area contributed by atoms with Gasteiger partial charge in [-0.05, 0) is 43.5 Å². The zero-order valence-corrected chi connectivity index (χ0v) is 14.5. The van der Waals surface area contributed by atoms with E-state index in [0.717, 1.165) is 48.6 Å². The van der Waals surface area contributed by atoms with Crippen molar-refractivity contribution < 1.29 is 9.32 Å². The zero-order valence-electron chi connectivity index (χ0n) is 14.5. The molecule has 1 fully saturated rings. The Morgan fingerprint density at radius 2 is 2.08 bits per heavy atom. The highest BCUT2D eigenvalue weighted by Gasteiger charge is 2.19. The van der Waals surface area contributed by atoms with Crippen molar-refractivity contribution in [2.45, 2.75) is 46.1 Å². The van der Waals surface area contributed by atoms with E-state index >= 15 is 0 Å². The topological polar surface area (TPSA) is 71.3 Å². The summed E-state index contributed by atoms with van der Waals surface area (Å²) in [6, 6.07) is 5.76. The molecule has 1 amide bonds. The summed E-state index contributed by atoms with van der Waals surface area (Å²) in [5, 5.41) is 7.25. The summed E-state index contributed by atoms with van der Waals surface area (Å²) in [4.78, 5) is 18.7. The number of carbonyl (C=O) groups excluding carboxylic acids is 1. The van der Waals surface area contributed by atoms with Gasteiger partial charge in [-0.25, -0.2) is 0 Å². The molecule has 2 heterocycles. The molecule has 0 unspecified atom stereocenters. The number of aryl methyl sites for hydroxylation is 1. The largest absolute Gasteiger partial charge is 0.376 e. The van der Waals surface area contributed by atoms with Gasteiger partial charge in [0.15, 0.2) is 5.82 Å². The summed E-state index contributed by atoms with van der Waals surface area (Å²) < 4.78 is 5.23. The van der Waals surface area contributed by atoms with E-state index in [1.807, 2.05) is 43.9 Å². The fraction of sp³-hybridized carbons (Fsp3) is 0.500. The van der Waals surface area contributed by atoms with Gasteiger partial charge in [0.25, 0.3) is 5.91 Å². The number of nitrogens with one attached hydrogen (secondary N) is 1. The van der Waals surface area contributed by atoms with E-state index in [2.05, 4.69) is 15.5 Å². The van der Waals surface area contributed by atoms with Gasteiger partial charge in [0.05, 0.1) is 6.54 Å². The van der Waals surface area contributed by atoms with Gasteiger partial charge in [-0.1, -0.05) is 19.0 Å². The maximum Gasteiger partial charge on any atom is 0.253 e. The molecule has 0 spiro atoms. The molecule has 0 radical (unpaired) electrons. The van der Waals surface area contributed by atoms with Gasteiger partial charge < -0.3 is 14.7 Å². The molecule has 1 aliphatic rings. The quantitative estimate of drug-likeness (QED) is 0.911. The van der Waals surface area contributed by atoms with Crippen LogP contribution in [-0.2, 0) is 6.54 Å². The van der Waals surface area contributed by atoms with Gasteiger partial charge in [0, 0.05) is 30.3 Å². The SMILES string of the molecule is Cc1cc(C(=O)N2CCCC2)ccc1NCc1nc(C(C)C)no1. The maximum atomic E-state index is 12.4. The number of amides is 1. The number of rotatable bonds is 5. The third-order valence-corrected chi connectivity index (χ3v) is 4.30. The van der Waals surface area contributed by atoms with Crippen LogP contribution in [0.15, 0.2) is 22.7 Å². The van der Waals surface area contributed by atoms with Gasteiger partial charge >= 0.3 is 0 Å². The first-order valence-electron chi connectivity index (χ1n) is 8.51. The summed E-state index contributed by atoms with van der Waals surface area (Å²) in [5.41, 5.74) is 2.75. The Labute approximate surface area is 142 Å². The minimum absolute atomic E-state index is 0.126. The normalized spacial score (nSPS) is 14.4. The Balaban J connectivity index is 1.64. The van der Waals surface area contributed by atoms with Crippen LogP contribution in [0.3, 0.4) is 0 Å². The molecule has 6 nitrogen and oxygen atoms in total. The molecule has 0 bridgehead atoms. The van der Waals surface area contributed by atoms with Crippen LogP contribution in [0.1, 0.15) is 60.2 Å². The Bertz CT molecular complexity index is 718. The van der Waals surface area contributed by atoms with Gasteiger partial charge in [0.1, 0.15) is 0 Å². The van der Waals surface area contributed by atoms with Crippen molar-refractivity contribution in [2.24, 2.45) is 0 Å². The summed E-state index contributed by atoms with van der Waals surface area (Å²) in [6.07, 6.45) is 2.21. The minimum Gasteiger partial charge on any atom is -0.376 e.